The van der Waals surface area contributed by atoms with Crippen molar-refractivity contribution in [2.45, 2.75) is 13.0 Å². The minimum atomic E-state index is -0.305. The van der Waals surface area contributed by atoms with E-state index >= 15 is 0 Å². The molecule has 0 atom stereocenters. The van der Waals surface area contributed by atoms with E-state index in [1.54, 1.807) is 31.6 Å². The number of hydrogen-bond donors (Lipinski definition) is 1. The molecular formula is C23H21FN2O3. The van der Waals surface area contributed by atoms with Crippen molar-refractivity contribution < 1.29 is 18.3 Å². The van der Waals surface area contributed by atoms with Gasteiger partial charge in [-0.1, -0.05) is 30.3 Å². The van der Waals surface area contributed by atoms with Crippen LogP contribution in [0, 0.1) is 5.82 Å². The van der Waals surface area contributed by atoms with Crippen molar-refractivity contribution in [1.29, 1.82) is 0 Å². The first-order valence-corrected chi connectivity index (χ1v) is 9.37. The van der Waals surface area contributed by atoms with Crippen molar-refractivity contribution in [2.24, 2.45) is 0 Å². The number of nitrogens with one attached hydrogen (secondary N) is 1. The Morgan fingerprint density at radius 1 is 1.14 bits per heavy atom. The zero-order chi connectivity index (χ0) is 20.2. The number of carbonyl (C=O) groups is 1. The Balaban J connectivity index is 1.52. The van der Waals surface area contributed by atoms with Gasteiger partial charge < -0.3 is 19.0 Å². The van der Waals surface area contributed by atoms with Crippen LogP contribution in [0.4, 0.5) is 4.39 Å². The number of fused-ring (bicyclic) bond motifs is 1. The second kappa shape index (κ2) is 8.22. The number of nitrogens with zero attached hydrogens (tertiary/aromatic N) is 1. The molecule has 6 heteroatoms. The highest BCUT2D eigenvalue weighted by Gasteiger charge is 2.18. The van der Waals surface area contributed by atoms with Crippen LogP contribution in [-0.2, 0) is 13.0 Å². The van der Waals surface area contributed by atoms with Crippen LogP contribution in [0.25, 0.3) is 11.1 Å². The quantitative estimate of drug-likeness (QED) is 0.507. The smallest absolute Gasteiger partial charge is 0.268 e. The summed E-state index contributed by atoms with van der Waals surface area (Å²) in [4.78, 5) is 12.9. The van der Waals surface area contributed by atoms with E-state index < -0.39 is 0 Å². The molecule has 1 N–H and O–H groups in total. The van der Waals surface area contributed by atoms with Gasteiger partial charge in [0.05, 0.1) is 18.9 Å². The van der Waals surface area contributed by atoms with E-state index in [4.69, 9.17) is 9.15 Å². The first-order valence-electron chi connectivity index (χ1n) is 9.37. The molecule has 0 spiro atoms. The lowest BCUT2D eigenvalue weighted by atomic mass is 10.1. The Morgan fingerprint density at radius 3 is 2.83 bits per heavy atom. The van der Waals surface area contributed by atoms with Crippen molar-refractivity contribution in [2.75, 3.05) is 13.7 Å². The van der Waals surface area contributed by atoms with E-state index in [1.165, 1.54) is 12.1 Å². The normalized spacial score (nSPS) is 11.0. The number of benzene rings is 2. The predicted octanol–water partition coefficient (Wildman–Crippen LogP) is 4.40. The molecule has 5 nitrogen and oxygen atoms in total. The number of amides is 1. The van der Waals surface area contributed by atoms with Crippen molar-refractivity contribution in [1.82, 2.24) is 9.88 Å². The third-order valence-electron chi connectivity index (χ3n) is 4.86. The van der Waals surface area contributed by atoms with Gasteiger partial charge in [0.25, 0.3) is 5.91 Å². The average molecular weight is 392 g/mol. The lowest BCUT2D eigenvalue weighted by molar-refractivity contribution is 0.0945. The van der Waals surface area contributed by atoms with Gasteiger partial charge in [-0.25, -0.2) is 4.39 Å². The molecule has 0 aliphatic heterocycles. The van der Waals surface area contributed by atoms with E-state index in [2.05, 4.69) is 5.32 Å². The number of halogens is 1. The fourth-order valence-corrected chi connectivity index (χ4v) is 3.46. The van der Waals surface area contributed by atoms with E-state index in [0.717, 1.165) is 22.4 Å². The van der Waals surface area contributed by atoms with Crippen molar-refractivity contribution in [3.63, 3.8) is 0 Å². The van der Waals surface area contributed by atoms with Crippen LogP contribution < -0.4 is 10.1 Å². The molecule has 0 saturated heterocycles. The van der Waals surface area contributed by atoms with Crippen molar-refractivity contribution >= 4 is 17.0 Å². The highest BCUT2D eigenvalue weighted by atomic mass is 19.1. The first kappa shape index (κ1) is 18.8. The summed E-state index contributed by atoms with van der Waals surface area (Å²) in [6.07, 6.45) is 2.23. The Hall–Kier alpha value is -3.54. The zero-order valence-corrected chi connectivity index (χ0v) is 16.0. The Labute approximate surface area is 167 Å². The number of furan rings is 1. The number of hydrogen-bond acceptors (Lipinski definition) is 3. The number of para-hydroxylation sites is 1. The predicted molar refractivity (Wildman–Crippen MR) is 109 cm³/mol. The molecule has 0 radical (unpaired) electrons. The van der Waals surface area contributed by atoms with Crippen molar-refractivity contribution in [3.05, 3.63) is 89.6 Å². The topological polar surface area (TPSA) is 56.4 Å². The van der Waals surface area contributed by atoms with Crippen LogP contribution in [0.5, 0.6) is 5.75 Å². The number of aromatic nitrogens is 1. The van der Waals surface area contributed by atoms with Gasteiger partial charge in [0.15, 0.2) is 5.58 Å². The van der Waals surface area contributed by atoms with Gasteiger partial charge in [-0.05, 0) is 35.7 Å². The third kappa shape index (κ3) is 4.01. The third-order valence-corrected chi connectivity index (χ3v) is 4.86. The molecule has 29 heavy (non-hydrogen) atoms. The minimum Gasteiger partial charge on any atom is -0.496 e. The monoisotopic (exact) mass is 392 g/mol. The van der Waals surface area contributed by atoms with Gasteiger partial charge >= 0.3 is 0 Å². The summed E-state index contributed by atoms with van der Waals surface area (Å²) in [5, 5.41) is 2.96. The van der Waals surface area contributed by atoms with Gasteiger partial charge in [-0.3, -0.25) is 4.79 Å². The Kier molecular flexibility index (Phi) is 5.33. The molecule has 4 aromatic rings. The summed E-state index contributed by atoms with van der Waals surface area (Å²) < 4.78 is 26.2. The summed E-state index contributed by atoms with van der Waals surface area (Å²) in [5.74, 6) is 0.289. The van der Waals surface area contributed by atoms with Crippen LogP contribution in [0.1, 0.15) is 21.6 Å². The number of ether oxygens (including phenoxy) is 1. The van der Waals surface area contributed by atoms with Crippen LogP contribution in [-0.4, -0.2) is 24.1 Å². The molecular weight excluding hydrogens is 371 g/mol. The maximum atomic E-state index is 13.6. The second-order valence-corrected chi connectivity index (χ2v) is 6.73. The molecule has 0 bridgehead atoms. The lowest BCUT2D eigenvalue weighted by Crippen LogP contribution is -2.28. The summed E-state index contributed by atoms with van der Waals surface area (Å²) in [7, 11) is 1.63. The molecule has 2 heterocycles. The van der Waals surface area contributed by atoms with Gasteiger partial charge in [-0.15, -0.1) is 0 Å². The van der Waals surface area contributed by atoms with E-state index in [-0.39, 0.29) is 11.7 Å². The van der Waals surface area contributed by atoms with Crippen LogP contribution >= 0.6 is 0 Å². The van der Waals surface area contributed by atoms with Crippen LogP contribution in [0.3, 0.4) is 0 Å². The molecule has 4 rings (SSSR count). The summed E-state index contributed by atoms with van der Waals surface area (Å²) in [6, 6.07) is 17.6. The van der Waals surface area contributed by atoms with Crippen molar-refractivity contribution in [3.8, 4) is 5.75 Å². The highest BCUT2D eigenvalue weighted by Crippen LogP contribution is 2.23. The standard InChI is InChI=1S/C23H21FN2O3/c1-28-21-8-3-2-6-17(21)9-11-25-23(27)20-14-22-19(10-12-29-22)26(20)15-16-5-4-7-18(24)13-16/h2-8,10,12-14H,9,11,15H2,1H3,(H,25,27). The second-order valence-electron chi connectivity index (χ2n) is 6.73. The molecule has 0 saturated carbocycles. The fourth-order valence-electron chi connectivity index (χ4n) is 3.46. The van der Waals surface area contributed by atoms with Crippen LogP contribution in [0.15, 0.2) is 71.3 Å². The van der Waals surface area contributed by atoms with Gasteiger partial charge in [-0.2, -0.15) is 0 Å². The maximum absolute atomic E-state index is 13.6. The van der Waals surface area contributed by atoms with E-state index in [1.807, 2.05) is 34.9 Å². The van der Waals surface area contributed by atoms with E-state index in [0.29, 0.717) is 30.8 Å². The van der Waals surface area contributed by atoms with Gasteiger partial charge in [0.1, 0.15) is 17.3 Å². The molecule has 2 aromatic carbocycles. The summed E-state index contributed by atoms with van der Waals surface area (Å²) in [6.45, 7) is 0.835. The number of rotatable bonds is 7. The summed E-state index contributed by atoms with van der Waals surface area (Å²) >= 11 is 0. The summed E-state index contributed by atoms with van der Waals surface area (Å²) in [5.41, 5.74) is 3.69. The minimum absolute atomic E-state index is 0.206. The molecule has 1 amide bonds. The SMILES string of the molecule is COc1ccccc1CCNC(=O)c1cc2occc2n1Cc1cccc(F)c1. The van der Waals surface area contributed by atoms with E-state index in [9.17, 15) is 9.18 Å². The molecule has 0 fully saturated rings. The fraction of sp³-hybridized carbons (Fsp3) is 0.174. The molecule has 0 aliphatic rings. The average Bonchev–Trinajstić information content (AvgIpc) is 3.31. The molecule has 148 valence electrons. The van der Waals surface area contributed by atoms with Crippen LogP contribution in [0.2, 0.25) is 0 Å². The maximum Gasteiger partial charge on any atom is 0.268 e. The van der Waals surface area contributed by atoms with Gasteiger partial charge in [0.2, 0.25) is 0 Å². The zero-order valence-electron chi connectivity index (χ0n) is 16.0. The molecule has 2 aromatic heterocycles. The first-order chi connectivity index (χ1) is 14.2. The van der Waals surface area contributed by atoms with Gasteiger partial charge in [0, 0.05) is 25.2 Å². The molecule has 0 unspecified atom stereocenters. The highest BCUT2D eigenvalue weighted by molar-refractivity contribution is 5.97. The number of methoxy groups -OCH3 is 1. The molecule has 0 aliphatic carbocycles. The Morgan fingerprint density at radius 2 is 2.00 bits per heavy atom. The number of carbonyl (C=O) groups excluding carboxylic acids is 1. The Bertz CT molecular complexity index is 1150. The lowest BCUT2D eigenvalue weighted by Gasteiger charge is -2.12. The largest absolute Gasteiger partial charge is 0.496 e.